The van der Waals surface area contributed by atoms with Gasteiger partial charge in [-0.2, -0.15) is 0 Å². The Balaban J connectivity index is 2.23. The number of hydrogen-bond donors (Lipinski definition) is 0. The fraction of sp³-hybridized carbons (Fsp3) is 0.115. The second kappa shape index (κ2) is 9.91. The van der Waals surface area contributed by atoms with Crippen LogP contribution in [0.25, 0.3) is 22.8 Å². The molecule has 170 valence electrons. The van der Waals surface area contributed by atoms with Crippen molar-refractivity contribution in [3.8, 4) is 22.8 Å². The minimum Gasteiger partial charge on any atom is -0.465 e. The summed E-state index contributed by atoms with van der Waals surface area (Å²) in [5.41, 5.74) is 0.601. The molecule has 3 aromatic heterocycles. The predicted molar refractivity (Wildman–Crippen MR) is 125 cm³/mol. The molecule has 34 heavy (non-hydrogen) atoms. The molecule has 0 aliphatic heterocycles. The average Bonchev–Trinajstić information content (AvgIpc) is 2.89. The third-order valence-corrected chi connectivity index (χ3v) is 5.25. The van der Waals surface area contributed by atoms with Crippen LogP contribution in [0.15, 0.2) is 83.9 Å². The highest BCUT2D eigenvalue weighted by Gasteiger charge is 2.32. The molecule has 0 saturated carbocycles. The van der Waals surface area contributed by atoms with Crippen LogP contribution in [-0.4, -0.2) is 40.7 Å². The smallest absolute Gasteiger partial charge is 0.344 e. The van der Waals surface area contributed by atoms with E-state index in [-0.39, 0.29) is 29.1 Å². The molecule has 1 aromatic carbocycles. The molecule has 8 heteroatoms. The molecular weight excluding hydrogens is 434 g/mol. The Labute approximate surface area is 195 Å². The number of methoxy groups -OCH3 is 2. The summed E-state index contributed by atoms with van der Waals surface area (Å²) in [6.07, 6.45) is 3.12. The van der Waals surface area contributed by atoms with E-state index in [2.05, 4.69) is 9.97 Å². The normalized spacial score (nSPS) is 10.5. The zero-order valence-electron chi connectivity index (χ0n) is 18.6. The molecule has 0 bridgehead atoms. The van der Waals surface area contributed by atoms with E-state index in [1.54, 1.807) is 53.4 Å². The minimum atomic E-state index is -0.884. The second-order valence-electron chi connectivity index (χ2n) is 7.26. The highest BCUT2D eigenvalue weighted by molar-refractivity contribution is 6.03. The van der Waals surface area contributed by atoms with Crippen LogP contribution in [0.5, 0.6) is 0 Å². The summed E-state index contributed by atoms with van der Waals surface area (Å²) in [4.78, 5) is 48.3. The van der Waals surface area contributed by atoms with Gasteiger partial charge in [-0.1, -0.05) is 42.5 Å². The van der Waals surface area contributed by atoms with E-state index in [0.29, 0.717) is 11.4 Å². The number of carbonyl (C=O) groups excluding carboxylic acids is 2. The van der Waals surface area contributed by atoms with Crippen molar-refractivity contribution in [3.63, 3.8) is 0 Å². The van der Waals surface area contributed by atoms with E-state index < -0.39 is 17.4 Å². The molecule has 0 atom stereocenters. The van der Waals surface area contributed by atoms with Gasteiger partial charge in [0.1, 0.15) is 11.1 Å². The van der Waals surface area contributed by atoms with Crippen LogP contribution in [-0.2, 0) is 16.0 Å². The van der Waals surface area contributed by atoms with Gasteiger partial charge >= 0.3 is 11.9 Å². The number of hydrogen-bond acceptors (Lipinski definition) is 7. The quantitative estimate of drug-likeness (QED) is 0.410. The Bertz CT molecular complexity index is 1300. The lowest BCUT2D eigenvalue weighted by Crippen LogP contribution is -2.31. The van der Waals surface area contributed by atoms with E-state index in [4.69, 9.17) is 9.47 Å². The van der Waals surface area contributed by atoms with E-state index in [0.717, 1.165) is 5.56 Å². The molecule has 0 aliphatic rings. The molecule has 4 rings (SSSR count). The maximum absolute atomic E-state index is 13.7. The lowest BCUT2D eigenvalue weighted by Gasteiger charge is -2.23. The summed E-state index contributed by atoms with van der Waals surface area (Å²) in [5.74, 6) is -1.77. The second-order valence-corrected chi connectivity index (χ2v) is 7.26. The molecule has 0 saturated heterocycles. The molecule has 0 radical (unpaired) electrons. The van der Waals surface area contributed by atoms with Gasteiger partial charge in [0, 0.05) is 18.9 Å². The number of pyridine rings is 3. The number of carbonyl (C=O) groups is 2. The van der Waals surface area contributed by atoms with Gasteiger partial charge in [-0.25, -0.2) is 9.59 Å². The molecule has 3 heterocycles. The van der Waals surface area contributed by atoms with Crippen molar-refractivity contribution < 1.29 is 19.1 Å². The first-order valence-corrected chi connectivity index (χ1v) is 10.4. The molecule has 0 spiro atoms. The standard InChI is InChI=1S/C26H21N3O5/c1-33-25(31)20-22(18-12-6-8-14-27-18)29(16-17-10-4-3-5-11-17)23(19-13-7-9-15-28-19)21(24(20)30)26(32)34-2/h3-15H,16H2,1-2H3. The number of nitrogens with zero attached hydrogens (tertiary/aromatic N) is 3. The Morgan fingerprint density at radius 2 is 1.21 bits per heavy atom. The molecule has 0 N–H and O–H groups in total. The Morgan fingerprint density at radius 3 is 1.62 bits per heavy atom. The SMILES string of the molecule is COC(=O)c1c(-c2ccccn2)n(Cc2ccccc2)c(-c2ccccn2)c(C(=O)OC)c1=O. The van der Waals surface area contributed by atoms with E-state index in [9.17, 15) is 14.4 Å². The van der Waals surface area contributed by atoms with Gasteiger partial charge in [-0.3, -0.25) is 14.8 Å². The monoisotopic (exact) mass is 455 g/mol. The summed E-state index contributed by atoms with van der Waals surface area (Å²) in [5, 5.41) is 0. The molecule has 0 fully saturated rings. The van der Waals surface area contributed by atoms with Gasteiger partial charge < -0.3 is 14.0 Å². The highest BCUT2D eigenvalue weighted by Crippen LogP contribution is 2.31. The van der Waals surface area contributed by atoms with Crippen molar-refractivity contribution in [2.75, 3.05) is 14.2 Å². The summed E-state index contributed by atoms with van der Waals surface area (Å²) >= 11 is 0. The van der Waals surface area contributed by atoms with Crippen LogP contribution in [0.3, 0.4) is 0 Å². The third kappa shape index (κ3) is 4.21. The van der Waals surface area contributed by atoms with Gasteiger partial charge in [-0.05, 0) is 29.8 Å². The van der Waals surface area contributed by atoms with Crippen LogP contribution in [0, 0.1) is 0 Å². The summed E-state index contributed by atoms with van der Waals surface area (Å²) in [6, 6.07) is 19.7. The number of rotatable bonds is 6. The molecular formula is C26H21N3O5. The number of ether oxygens (including phenoxy) is 2. The first-order chi connectivity index (χ1) is 16.6. The predicted octanol–water partition coefficient (Wildman–Crippen LogP) is 3.59. The summed E-state index contributed by atoms with van der Waals surface area (Å²) < 4.78 is 11.6. The van der Waals surface area contributed by atoms with Crippen molar-refractivity contribution in [3.05, 3.63) is 106 Å². The maximum atomic E-state index is 13.7. The van der Waals surface area contributed by atoms with Crippen molar-refractivity contribution in [1.29, 1.82) is 0 Å². The fourth-order valence-corrected chi connectivity index (χ4v) is 3.77. The van der Waals surface area contributed by atoms with Crippen molar-refractivity contribution in [2.24, 2.45) is 0 Å². The Morgan fingerprint density at radius 1 is 0.735 bits per heavy atom. The van der Waals surface area contributed by atoms with Gasteiger partial charge in [-0.15, -0.1) is 0 Å². The largest absolute Gasteiger partial charge is 0.465 e. The Hall–Kier alpha value is -4.59. The first-order valence-electron chi connectivity index (χ1n) is 10.4. The number of benzene rings is 1. The van der Waals surface area contributed by atoms with E-state index in [1.165, 1.54) is 14.2 Å². The number of aromatic nitrogens is 3. The third-order valence-electron chi connectivity index (χ3n) is 5.25. The van der Waals surface area contributed by atoms with Crippen LogP contribution in [0.1, 0.15) is 26.3 Å². The van der Waals surface area contributed by atoms with E-state index in [1.807, 2.05) is 30.3 Å². The van der Waals surface area contributed by atoms with Crippen LogP contribution in [0.4, 0.5) is 0 Å². The van der Waals surface area contributed by atoms with Crippen LogP contribution < -0.4 is 5.43 Å². The zero-order valence-corrected chi connectivity index (χ0v) is 18.6. The lowest BCUT2D eigenvalue weighted by molar-refractivity contribution is 0.0596. The van der Waals surface area contributed by atoms with Crippen LogP contribution in [0.2, 0.25) is 0 Å². The average molecular weight is 455 g/mol. The van der Waals surface area contributed by atoms with Crippen molar-refractivity contribution >= 4 is 11.9 Å². The van der Waals surface area contributed by atoms with Gasteiger partial charge in [0.15, 0.2) is 0 Å². The molecule has 0 aliphatic carbocycles. The molecule has 8 nitrogen and oxygen atoms in total. The summed E-state index contributed by atoms with van der Waals surface area (Å²) in [6.45, 7) is 0.215. The van der Waals surface area contributed by atoms with Crippen molar-refractivity contribution in [1.82, 2.24) is 14.5 Å². The first kappa shape index (κ1) is 22.6. The topological polar surface area (TPSA) is 100 Å². The molecule has 0 unspecified atom stereocenters. The Kier molecular flexibility index (Phi) is 6.59. The maximum Gasteiger partial charge on any atom is 0.344 e. The zero-order chi connectivity index (χ0) is 24.1. The highest BCUT2D eigenvalue weighted by atomic mass is 16.5. The molecule has 0 amide bonds. The lowest BCUT2D eigenvalue weighted by atomic mass is 9.99. The minimum absolute atomic E-state index is 0.215. The number of esters is 2. The van der Waals surface area contributed by atoms with E-state index >= 15 is 0 Å². The van der Waals surface area contributed by atoms with Gasteiger partial charge in [0.2, 0.25) is 5.43 Å². The van der Waals surface area contributed by atoms with Gasteiger partial charge in [0.05, 0.1) is 37.0 Å². The fourth-order valence-electron chi connectivity index (χ4n) is 3.77. The molecule has 4 aromatic rings. The van der Waals surface area contributed by atoms with Crippen molar-refractivity contribution in [2.45, 2.75) is 6.54 Å². The van der Waals surface area contributed by atoms with Crippen LogP contribution >= 0.6 is 0 Å². The van der Waals surface area contributed by atoms with Gasteiger partial charge in [0.25, 0.3) is 0 Å². The summed E-state index contributed by atoms with van der Waals surface area (Å²) in [7, 11) is 2.35.